The van der Waals surface area contributed by atoms with E-state index in [1.165, 1.54) is 12.1 Å². The van der Waals surface area contributed by atoms with Crippen LogP contribution in [0.25, 0.3) is 0 Å². The maximum absolute atomic E-state index is 11.2. The van der Waals surface area contributed by atoms with Gasteiger partial charge >= 0.3 is 5.97 Å². The number of carboxylic acids is 1. The van der Waals surface area contributed by atoms with Crippen LogP contribution in [0.15, 0.2) is 12.1 Å². The fraction of sp³-hybridized carbons (Fsp3) is 0.462. The Hall–Kier alpha value is -0.810. The molecule has 4 nitrogen and oxygen atoms in total. The number of halogens is 2. The van der Waals surface area contributed by atoms with Crippen LogP contribution in [0.2, 0.25) is 10.0 Å². The summed E-state index contributed by atoms with van der Waals surface area (Å²) in [4.78, 5) is 11.2. The molecular formula is C13H16Cl2O4. The van der Waals surface area contributed by atoms with Gasteiger partial charge in [0.1, 0.15) is 0 Å². The zero-order valence-corrected chi connectivity index (χ0v) is 12.0. The zero-order valence-electron chi connectivity index (χ0n) is 10.5. The monoisotopic (exact) mass is 306 g/mol. The Labute approximate surface area is 121 Å². The van der Waals surface area contributed by atoms with E-state index in [-0.39, 0.29) is 35.2 Å². The Morgan fingerprint density at radius 1 is 1.26 bits per heavy atom. The van der Waals surface area contributed by atoms with Crippen LogP contribution in [0.5, 0.6) is 0 Å². The standard InChI is InChI=1S/C13H16Cl2O4/c1-2-13(6-16,7-17)5-10-9(12(18)19)3-8(14)4-11(10)15/h3-4,16-17H,2,5-7H2,1H3,(H,18,19). The van der Waals surface area contributed by atoms with E-state index in [1.54, 1.807) is 0 Å². The van der Waals surface area contributed by atoms with Crippen molar-refractivity contribution < 1.29 is 20.1 Å². The predicted octanol–water partition coefficient (Wildman–Crippen LogP) is 2.62. The average molecular weight is 307 g/mol. The summed E-state index contributed by atoms with van der Waals surface area (Å²) in [5, 5.41) is 28.5. The molecule has 0 aliphatic heterocycles. The SMILES string of the molecule is CCC(CO)(CO)Cc1c(Cl)cc(Cl)cc1C(=O)O. The van der Waals surface area contributed by atoms with Gasteiger partial charge in [0.2, 0.25) is 0 Å². The van der Waals surface area contributed by atoms with Gasteiger partial charge in [-0.1, -0.05) is 30.1 Å². The number of benzene rings is 1. The minimum Gasteiger partial charge on any atom is -0.478 e. The van der Waals surface area contributed by atoms with Crippen LogP contribution in [-0.4, -0.2) is 34.5 Å². The second kappa shape index (κ2) is 6.57. The number of hydrogen-bond acceptors (Lipinski definition) is 3. The third-order valence-corrected chi connectivity index (χ3v) is 3.92. The zero-order chi connectivity index (χ0) is 14.6. The molecule has 0 bridgehead atoms. The second-order valence-corrected chi connectivity index (χ2v) is 5.41. The molecule has 0 spiro atoms. The minimum absolute atomic E-state index is 0.00257. The molecule has 0 aliphatic carbocycles. The number of hydrogen-bond donors (Lipinski definition) is 3. The lowest BCUT2D eigenvalue weighted by Gasteiger charge is -2.29. The molecule has 3 N–H and O–H groups in total. The van der Waals surface area contributed by atoms with Crippen molar-refractivity contribution in [2.75, 3.05) is 13.2 Å². The molecule has 0 amide bonds. The summed E-state index contributed by atoms with van der Waals surface area (Å²) >= 11 is 11.8. The summed E-state index contributed by atoms with van der Waals surface area (Å²) in [5.74, 6) is -1.14. The quantitative estimate of drug-likeness (QED) is 0.755. The van der Waals surface area contributed by atoms with Crippen molar-refractivity contribution in [1.82, 2.24) is 0 Å². The molecule has 0 fully saturated rings. The third-order valence-electron chi connectivity index (χ3n) is 3.36. The van der Waals surface area contributed by atoms with Crippen molar-refractivity contribution in [3.05, 3.63) is 33.3 Å². The van der Waals surface area contributed by atoms with Gasteiger partial charge in [0, 0.05) is 15.5 Å². The van der Waals surface area contributed by atoms with E-state index in [0.717, 1.165) is 0 Å². The van der Waals surface area contributed by atoms with Crippen LogP contribution < -0.4 is 0 Å². The summed E-state index contributed by atoms with van der Waals surface area (Å²) in [6.07, 6.45) is 0.673. The maximum atomic E-state index is 11.2. The molecule has 6 heteroatoms. The van der Waals surface area contributed by atoms with Crippen molar-refractivity contribution in [2.24, 2.45) is 5.41 Å². The van der Waals surface area contributed by atoms with Gasteiger partial charge in [0.05, 0.1) is 18.8 Å². The topological polar surface area (TPSA) is 77.8 Å². The van der Waals surface area contributed by atoms with Crippen LogP contribution >= 0.6 is 23.2 Å². The predicted molar refractivity (Wildman–Crippen MR) is 74.0 cm³/mol. The van der Waals surface area contributed by atoms with Gasteiger partial charge in [-0.25, -0.2) is 4.79 Å². The molecule has 0 saturated heterocycles. The molecule has 19 heavy (non-hydrogen) atoms. The highest BCUT2D eigenvalue weighted by molar-refractivity contribution is 6.35. The van der Waals surface area contributed by atoms with Crippen LogP contribution in [0.3, 0.4) is 0 Å². The van der Waals surface area contributed by atoms with E-state index in [2.05, 4.69) is 0 Å². The Morgan fingerprint density at radius 3 is 2.26 bits per heavy atom. The van der Waals surface area contributed by atoms with Gasteiger partial charge in [-0.05, 0) is 30.5 Å². The molecule has 0 unspecified atom stereocenters. The summed E-state index contributed by atoms with van der Waals surface area (Å²) in [7, 11) is 0. The highest BCUT2D eigenvalue weighted by Crippen LogP contribution is 2.33. The molecule has 1 rings (SSSR count). The Morgan fingerprint density at radius 2 is 1.84 bits per heavy atom. The molecular weight excluding hydrogens is 291 g/mol. The smallest absolute Gasteiger partial charge is 0.336 e. The fourth-order valence-electron chi connectivity index (χ4n) is 1.86. The Kier molecular flexibility index (Phi) is 5.62. The lowest BCUT2D eigenvalue weighted by molar-refractivity contribution is 0.0504. The van der Waals surface area contributed by atoms with Crippen LogP contribution in [0.4, 0.5) is 0 Å². The van der Waals surface area contributed by atoms with Gasteiger partial charge < -0.3 is 15.3 Å². The van der Waals surface area contributed by atoms with Gasteiger partial charge in [0.25, 0.3) is 0 Å². The molecule has 0 saturated carbocycles. The summed E-state index contributed by atoms with van der Waals surface area (Å²) in [6, 6.07) is 2.78. The van der Waals surface area contributed by atoms with E-state index in [1.807, 2.05) is 6.92 Å². The molecule has 1 aromatic carbocycles. The maximum Gasteiger partial charge on any atom is 0.336 e. The Bertz CT molecular complexity index is 462. The number of aromatic carboxylic acids is 1. The molecule has 0 atom stereocenters. The normalized spacial score (nSPS) is 11.6. The molecule has 0 aliphatic rings. The van der Waals surface area contributed by atoms with Gasteiger partial charge in [-0.3, -0.25) is 0 Å². The van der Waals surface area contributed by atoms with E-state index in [0.29, 0.717) is 12.0 Å². The van der Waals surface area contributed by atoms with Crippen molar-refractivity contribution in [3.8, 4) is 0 Å². The third kappa shape index (κ3) is 3.60. The lowest BCUT2D eigenvalue weighted by atomic mass is 9.79. The largest absolute Gasteiger partial charge is 0.478 e. The van der Waals surface area contributed by atoms with Gasteiger partial charge in [-0.15, -0.1) is 0 Å². The first-order valence-corrected chi connectivity index (χ1v) is 6.57. The number of carbonyl (C=O) groups is 1. The number of aliphatic hydroxyl groups excluding tert-OH is 2. The van der Waals surface area contributed by atoms with Gasteiger partial charge in [-0.2, -0.15) is 0 Å². The highest BCUT2D eigenvalue weighted by Gasteiger charge is 2.30. The summed E-state index contributed by atoms with van der Waals surface area (Å²) in [5.41, 5.74) is -0.414. The molecule has 0 heterocycles. The van der Waals surface area contributed by atoms with Crippen LogP contribution in [0, 0.1) is 5.41 Å². The molecule has 0 aromatic heterocycles. The Balaban J connectivity index is 3.30. The second-order valence-electron chi connectivity index (χ2n) is 4.57. The molecule has 1 aromatic rings. The van der Waals surface area contributed by atoms with Crippen molar-refractivity contribution >= 4 is 29.2 Å². The number of rotatable bonds is 6. The van der Waals surface area contributed by atoms with Crippen LogP contribution in [-0.2, 0) is 6.42 Å². The van der Waals surface area contributed by atoms with E-state index in [9.17, 15) is 20.1 Å². The van der Waals surface area contributed by atoms with E-state index >= 15 is 0 Å². The summed E-state index contributed by atoms with van der Waals surface area (Å²) in [6.45, 7) is 1.31. The average Bonchev–Trinajstić information content (AvgIpc) is 2.38. The van der Waals surface area contributed by atoms with Crippen LogP contribution in [0.1, 0.15) is 29.3 Å². The first kappa shape index (κ1) is 16.2. The van der Waals surface area contributed by atoms with Crippen molar-refractivity contribution in [3.63, 3.8) is 0 Å². The van der Waals surface area contributed by atoms with Crippen molar-refractivity contribution in [1.29, 1.82) is 0 Å². The van der Waals surface area contributed by atoms with E-state index in [4.69, 9.17) is 23.2 Å². The van der Waals surface area contributed by atoms with E-state index < -0.39 is 11.4 Å². The minimum atomic E-state index is -1.14. The summed E-state index contributed by atoms with van der Waals surface area (Å²) < 4.78 is 0. The van der Waals surface area contributed by atoms with Gasteiger partial charge in [0.15, 0.2) is 0 Å². The fourth-order valence-corrected chi connectivity index (χ4v) is 2.42. The molecule has 106 valence electrons. The first-order valence-electron chi connectivity index (χ1n) is 5.82. The lowest BCUT2D eigenvalue weighted by Crippen LogP contribution is -2.32. The highest BCUT2D eigenvalue weighted by atomic mass is 35.5. The first-order chi connectivity index (χ1) is 8.89. The van der Waals surface area contributed by atoms with Crippen molar-refractivity contribution in [2.45, 2.75) is 19.8 Å². The number of carboxylic acid groups (broad SMARTS) is 1. The number of aliphatic hydroxyl groups is 2. The molecule has 0 radical (unpaired) electrons.